The normalized spacial score (nSPS) is 10.8. The van der Waals surface area contributed by atoms with Gasteiger partial charge in [0.2, 0.25) is 0 Å². The number of carbonyl (C=O) groups excluding carboxylic acids is 1. The molecule has 5 heteroatoms. The van der Waals surface area contributed by atoms with E-state index in [1.54, 1.807) is 18.0 Å². The van der Waals surface area contributed by atoms with Gasteiger partial charge in [-0.15, -0.1) is 17.9 Å². The van der Waals surface area contributed by atoms with Crippen molar-refractivity contribution in [3.05, 3.63) is 34.8 Å². The fourth-order valence-electron chi connectivity index (χ4n) is 1.76. The van der Waals surface area contributed by atoms with Crippen LogP contribution in [0, 0.1) is 0 Å². The first-order valence-corrected chi connectivity index (χ1v) is 6.35. The standard InChI is InChI=1S/C12H13ClN2OS/c1-4-5-14(2)12(16)9-6-10-8(15(9)3)7-11(13)17-10/h4,6-7H,1,5H2,2-3H3. The van der Waals surface area contributed by atoms with Crippen LogP contribution in [0.15, 0.2) is 24.8 Å². The summed E-state index contributed by atoms with van der Waals surface area (Å²) in [4.78, 5) is 13.8. The lowest BCUT2D eigenvalue weighted by Crippen LogP contribution is -2.28. The van der Waals surface area contributed by atoms with Crippen LogP contribution < -0.4 is 0 Å². The molecular formula is C12H13ClN2OS. The molecule has 90 valence electrons. The predicted molar refractivity (Wildman–Crippen MR) is 73.0 cm³/mol. The van der Waals surface area contributed by atoms with Gasteiger partial charge in [-0.1, -0.05) is 17.7 Å². The maximum Gasteiger partial charge on any atom is 0.270 e. The smallest absolute Gasteiger partial charge is 0.270 e. The molecule has 1 amide bonds. The van der Waals surface area contributed by atoms with Crippen LogP contribution in [0.2, 0.25) is 4.34 Å². The van der Waals surface area contributed by atoms with Crippen molar-refractivity contribution in [2.45, 2.75) is 0 Å². The Hall–Kier alpha value is -1.26. The number of rotatable bonds is 3. The molecule has 0 atom stereocenters. The van der Waals surface area contributed by atoms with E-state index >= 15 is 0 Å². The Kier molecular flexibility index (Phi) is 3.26. The second-order valence-corrected chi connectivity index (χ2v) is 5.58. The van der Waals surface area contributed by atoms with Gasteiger partial charge in [0.1, 0.15) is 5.69 Å². The Balaban J connectivity index is 2.42. The summed E-state index contributed by atoms with van der Waals surface area (Å²) in [5.41, 5.74) is 1.67. The molecule has 0 unspecified atom stereocenters. The second-order valence-electron chi connectivity index (χ2n) is 3.86. The molecule has 0 aliphatic heterocycles. The van der Waals surface area contributed by atoms with Gasteiger partial charge in [0.05, 0.1) is 14.6 Å². The molecule has 0 saturated heterocycles. The third-order valence-electron chi connectivity index (χ3n) is 2.67. The zero-order valence-electron chi connectivity index (χ0n) is 9.74. The number of thiophene rings is 1. The summed E-state index contributed by atoms with van der Waals surface area (Å²) in [6, 6.07) is 3.76. The number of nitrogens with zero attached hydrogens (tertiary/aromatic N) is 2. The summed E-state index contributed by atoms with van der Waals surface area (Å²) >= 11 is 7.42. The van der Waals surface area contributed by atoms with Crippen molar-refractivity contribution >= 4 is 39.1 Å². The molecule has 0 radical (unpaired) electrons. The topological polar surface area (TPSA) is 25.2 Å². The molecule has 0 bridgehead atoms. The lowest BCUT2D eigenvalue weighted by Gasteiger charge is -2.15. The Morgan fingerprint density at radius 3 is 2.94 bits per heavy atom. The van der Waals surface area contributed by atoms with E-state index in [1.165, 1.54) is 11.3 Å². The lowest BCUT2D eigenvalue weighted by atomic mass is 10.3. The summed E-state index contributed by atoms with van der Waals surface area (Å²) in [5, 5.41) is 0. The highest BCUT2D eigenvalue weighted by atomic mass is 35.5. The monoisotopic (exact) mass is 268 g/mol. The number of amides is 1. The van der Waals surface area contributed by atoms with Gasteiger partial charge in [-0.2, -0.15) is 0 Å². The Labute approximate surface area is 109 Å². The van der Waals surface area contributed by atoms with E-state index in [0.29, 0.717) is 12.2 Å². The lowest BCUT2D eigenvalue weighted by molar-refractivity contribution is 0.0801. The summed E-state index contributed by atoms with van der Waals surface area (Å²) in [7, 11) is 3.64. The van der Waals surface area contributed by atoms with Crippen LogP contribution in [-0.4, -0.2) is 29.0 Å². The zero-order chi connectivity index (χ0) is 12.6. The highest BCUT2D eigenvalue weighted by Crippen LogP contribution is 2.31. The number of halogens is 1. The minimum atomic E-state index is -0.00748. The summed E-state index contributed by atoms with van der Waals surface area (Å²) in [5.74, 6) is -0.00748. The molecule has 0 saturated carbocycles. The number of likely N-dealkylation sites (N-methyl/N-ethyl adjacent to an activating group) is 1. The van der Waals surface area contributed by atoms with Crippen molar-refractivity contribution < 1.29 is 4.79 Å². The van der Waals surface area contributed by atoms with Crippen LogP contribution in [0.4, 0.5) is 0 Å². The van der Waals surface area contributed by atoms with Gasteiger partial charge in [0.25, 0.3) is 5.91 Å². The molecule has 2 aromatic heterocycles. The summed E-state index contributed by atoms with van der Waals surface area (Å²) in [6.45, 7) is 4.17. The molecule has 0 aliphatic carbocycles. The van der Waals surface area contributed by atoms with E-state index in [1.807, 2.05) is 23.7 Å². The van der Waals surface area contributed by atoms with Gasteiger partial charge in [-0.25, -0.2) is 0 Å². The quantitative estimate of drug-likeness (QED) is 0.785. The van der Waals surface area contributed by atoms with Gasteiger partial charge in [-0.05, 0) is 12.1 Å². The molecule has 2 aromatic rings. The molecule has 0 aliphatic rings. The Bertz CT molecular complexity index is 585. The Morgan fingerprint density at radius 2 is 2.35 bits per heavy atom. The number of hydrogen-bond acceptors (Lipinski definition) is 2. The van der Waals surface area contributed by atoms with Gasteiger partial charge in [0.15, 0.2) is 0 Å². The van der Waals surface area contributed by atoms with Crippen LogP contribution in [0.3, 0.4) is 0 Å². The molecule has 0 spiro atoms. The molecule has 2 heterocycles. The third kappa shape index (κ3) is 2.10. The van der Waals surface area contributed by atoms with Crippen LogP contribution in [-0.2, 0) is 7.05 Å². The fourth-order valence-corrected chi connectivity index (χ4v) is 2.96. The van der Waals surface area contributed by atoms with Crippen LogP contribution in [0.25, 0.3) is 10.2 Å². The van der Waals surface area contributed by atoms with E-state index in [2.05, 4.69) is 6.58 Å². The van der Waals surface area contributed by atoms with E-state index in [0.717, 1.165) is 14.6 Å². The highest BCUT2D eigenvalue weighted by molar-refractivity contribution is 7.22. The Morgan fingerprint density at radius 1 is 1.65 bits per heavy atom. The molecule has 0 N–H and O–H groups in total. The van der Waals surface area contributed by atoms with E-state index in [4.69, 9.17) is 11.6 Å². The van der Waals surface area contributed by atoms with Crippen LogP contribution in [0.1, 0.15) is 10.5 Å². The SMILES string of the molecule is C=CCN(C)C(=O)c1cc2sc(Cl)cc2n1C. The number of aryl methyl sites for hydroxylation is 1. The van der Waals surface area contributed by atoms with E-state index < -0.39 is 0 Å². The second kappa shape index (κ2) is 4.55. The minimum Gasteiger partial charge on any atom is -0.339 e. The largest absolute Gasteiger partial charge is 0.339 e. The molecule has 0 aromatic carbocycles. The highest BCUT2D eigenvalue weighted by Gasteiger charge is 2.17. The van der Waals surface area contributed by atoms with Crippen molar-refractivity contribution in [1.82, 2.24) is 9.47 Å². The van der Waals surface area contributed by atoms with Gasteiger partial charge < -0.3 is 9.47 Å². The van der Waals surface area contributed by atoms with Crippen molar-refractivity contribution in [1.29, 1.82) is 0 Å². The van der Waals surface area contributed by atoms with Crippen molar-refractivity contribution in [3.8, 4) is 0 Å². The average molecular weight is 269 g/mol. The first-order chi connectivity index (χ1) is 8.04. The predicted octanol–water partition coefficient (Wildman–Crippen LogP) is 3.15. The number of aromatic nitrogens is 1. The summed E-state index contributed by atoms with van der Waals surface area (Å²) in [6.07, 6.45) is 1.71. The number of fused-ring (bicyclic) bond motifs is 1. The fraction of sp³-hybridized carbons (Fsp3) is 0.250. The van der Waals surface area contributed by atoms with Crippen LogP contribution >= 0.6 is 22.9 Å². The molecule has 0 fully saturated rings. The molecule has 3 nitrogen and oxygen atoms in total. The number of hydrogen-bond donors (Lipinski definition) is 0. The first kappa shape index (κ1) is 12.2. The minimum absolute atomic E-state index is 0.00748. The van der Waals surface area contributed by atoms with Gasteiger partial charge >= 0.3 is 0 Å². The van der Waals surface area contributed by atoms with Crippen molar-refractivity contribution in [3.63, 3.8) is 0 Å². The number of carbonyl (C=O) groups is 1. The van der Waals surface area contributed by atoms with Gasteiger partial charge in [-0.3, -0.25) is 4.79 Å². The maximum atomic E-state index is 12.1. The van der Waals surface area contributed by atoms with E-state index in [9.17, 15) is 4.79 Å². The third-order valence-corrected chi connectivity index (χ3v) is 3.87. The van der Waals surface area contributed by atoms with Gasteiger partial charge in [0, 0.05) is 20.6 Å². The molecule has 17 heavy (non-hydrogen) atoms. The van der Waals surface area contributed by atoms with E-state index in [-0.39, 0.29) is 5.91 Å². The van der Waals surface area contributed by atoms with Crippen molar-refractivity contribution in [2.75, 3.05) is 13.6 Å². The zero-order valence-corrected chi connectivity index (χ0v) is 11.3. The van der Waals surface area contributed by atoms with Crippen molar-refractivity contribution in [2.24, 2.45) is 7.05 Å². The summed E-state index contributed by atoms with van der Waals surface area (Å²) < 4.78 is 3.65. The first-order valence-electron chi connectivity index (χ1n) is 5.15. The van der Waals surface area contributed by atoms with Crippen LogP contribution in [0.5, 0.6) is 0 Å². The molecular weight excluding hydrogens is 256 g/mol. The average Bonchev–Trinajstić information content (AvgIpc) is 2.77. The molecule has 2 rings (SSSR count). The maximum absolute atomic E-state index is 12.1.